The Bertz CT molecular complexity index is 943. The Kier molecular flexibility index (Phi) is 5.81. The highest BCUT2D eigenvalue weighted by Gasteiger charge is 2.34. The van der Waals surface area contributed by atoms with Crippen LogP contribution in [0, 0.1) is 5.82 Å². The Labute approximate surface area is 164 Å². The van der Waals surface area contributed by atoms with Crippen LogP contribution in [0.2, 0.25) is 10.0 Å². The fourth-order valence-corrected chi connectivity index (χ4v) is 3.54. The molecule has 3 rings (SSSR count). The Hall–Kier alpha value is -2.08. The number of nitrogens with zero attached hydrogens (tertiary/aromatic N) is 1. The highest BCUT2D eigenvalue weighted by molar-refractivity contribution is 8.18. The van der Waals surface area contributed by atoms with Crippen LogP contribution in [-0.2, 0) is 11.3 Å². The zero-order valence-electron chi connectivity index (χ0n) is 13.3. The first-order valence-corrected chi connectivity index (χ1v) is 9.13. The monoisotopic (exact) mass is 407 g/mol. The van der Waals surface area contributed by atoms with Gasteiger partial charge in [0.1, 0.15) is 5.82 Å². The van der Waals surface area contributed by atoms with Gasteiger partial charge >= 0.3 is 0 Å². The second-order valence-corrected chi connectivity index (χ2v) is 7.21. The molecule has 1 fully saturated rings. The van der Waals surface area contributed by atoms with Crippen LogP contribution in [0.3, 0.4) is 0 Å². The van der Waals surface area contributed by atoms with E-state index in [4.69, 9.17) is 23.2 Å². The summed E-state index contributed by atoms with van der Waals surface area (Å²) in [4.78, 5) is 26.0. The second-order valence-electron chi connectivity index (χ2n) is 5.41. The molecule has 2 aromatic carbocycles. The predicted molar refractivity (Wildman–Crippen MR) is 104 cm³/mol. The number of hydrogen-bond acceptors (Lipinski definition) is 3. The molecule has 0 spiro atoms. The van der Waals surface area contributed by atoms with Crippen molar-refractivity contribution in [1.82, 2.24) is 4.90 Å². The van der Waals surface area contributed by atoms with E-state index in [-0.39, 0.29) is 11.6 Å². The molecule has 132 valence electrons. The number of imide groups is 1. The van der Waals surface area contributed by atoms with Crippen LogP contribution < -0.4 is 0 Å². The minimum atomic E-state index is -0.475. The Morgan fingerprint density at radius 3 is 2.58 bits per heavy atom. The van der Waals surface area contributed by atoms with E-state index in [0.29, 0.717) is 15.5 Å². The van der Waals surface area contributed by atoms with Crippen molar-refractivity contribution in [3.05, 3.63) is 86.5 Å². The lowest BCUT2D eigenvalue weighted by Crippen LogP contribution is -2.27. The van der Waals surface area contributed by atoms with Crippen molar-refractivity contribution >= 4 is 52.2 Å². The molecule has 3 nitrogen and oxygen atoms in total. The van der Waals surface area contributed by atoms with Gasteiger partial charge in [-0.2, -0.15) is 0 Å². The zero-order valence-corrected chi connectivity index (χ0v) is 15.6. The van der Waals surface area contributed by atoms with Gasteiger partial charge in [0.15, 0.2) is 0 Å². The van der Waals surface area contributed by atoms with Gasteiger partial charge in [-0.1, -0.05) is 59.6 Å². The van der Waals surface area contributed by atoms with Crippen LogP contribution in [0.1, 0.15) is 11.1 Å². The Morgan fingerprint density at radius 1 is 1.08 bits per heavy atom. The number of carbonyl (C=O) groups excluding carboxylic acids is 2. The molecule has 0 atom stereocenters. The first-order chi connectivity index (χ1) is 12.5. The van der Waals surface area contributed by atoms with Gasteiger partial charge in [0.05, 0.1) is 11.4 Å². The molecule has 0 radical (unpaired) electrons. The number of thioether (sulfide) groups is 1. The van der Waals surface area contributed by atoms with Crippen LogP contribution in [0.25, 0.3) is 6.08 Å². The normalized spacial score (nSPS) is 16.3. The maximum absolute atomic E-state index is 13.1. The van der Waals surface area contributed by atoms with Crippen LogP contribution in [-0.4, -0.2) is 16.0 Å². The first-order valence-electron chi connectivity index (χ1n) is 7.56. The molecule has 7 heteroatoms. The summed E-state index contributed by atoms with van der Waals surface area (Å²) in [6, 6.07) is 11.1. The lowest BCUT2D eigenvalue weighted by molar-refractivity contribution is -0.123. The van der Waals surface area contributed by atoms with Gasteiger partial charge in [-0.15, -0.1) is 0 Å². The number of hydrogen-bond donors (Lipinski definition) is 0. The first kappa shape index (κ1) is 18.7. The van der Waals surface area contributed by atoms with E-state index in [0.717, 1.165) is 28.3 Å². The summed E-state index contributed by atoms with van der Waals surface area (Å²) >= 11 is 12.9. The van der Waals surface area contributed by atoms with Gasteiger partial charge in [0, 0.05) is 10.0 Å². The van der Waals surface area contributed by atoms with Crippen molar-refractivity contribution in [3.63, 3.8) is 0 Å². The maximum atomic E-state index is 13.1. The van der Waals surface area contributed by atoms with Crippen LogP contribution >= 0.6 is 35.0 Å². The molecule has 0 saturated carbocycles. The van der Waals surface area contributed by atoms with Gasteiger partial charge in [-0.05, 0) is 47.2 Å². The Balaban J connectivity index is 1.75. The molecule has 2 aromatic rings. The lowest BCUT2D eigenvalue weighted by atomic mass is 10.2. The molecule has 1 heterocycles. The minimum absolute atomic E-state index is 0.00462. The van der Waals surface area contributed by atoms with Crippen molar-refractivity contribution in [2.75, 3.05) is 0 Å². The number of carbonyl (C=O) groups is 2. The van der Waals surface area contributed by atoms with Crippen LogP contribution in [0.5, 0.6) is 0 Å². The molecule has 0 aromatic heterocycles. The molecule has 1 saturated heterocycles. The van der Waals surface area contributed by atoms with Gasteiger partial charge in [-0.25, -0.2) is 4.39 Å². The third kappa shape index (κ3) is 4.18. The number of benzene rings is 2. The third-order valence-corrected chi connectivity index (χ3v) is 5.27. The molecule has 0 unspecified atom stereocenters. The third-order valence-electron chi connectivity index (χ3n) is 3.65. The SMILES string of the molecule is O=C1S/C(=C\C=C\c2ccccc2Cl)C(=O)N1Cc1ccc(F)cc1Cl. The average Bonchev–Trinajstić information content (AvgIpc) is 2.86. The molecule has 2 amide bonds. The van der Waals surface area contributed by atoms with Gasteiger partial charge < -0.3 is 0 Å². The molecule has 0 aliphatic carbocycles. The predicted octanol–water partition coefficient (Wildman–Crippen LogP) is 5.93. The molecule has 1 aliphatic heterocycles. The number of allylic oxidation sites excluding steroid dienone is 2. The van der Waals surface area contributed by atoms with Crippen molar-refractivity contribution in [1.29, 1.82) is 0 Å². The molecular weight excluding hydrogens is 396 g/mol. The summed E-state index contributed by atoms with van der Waals surface area (Å²) in [7, 11) is 0. The van der Waals surface area contributed by atoms with E-state index in [1.54, 1.807) is 24.3 Å². The number of halogens is 3. The van der Waals surface area contributed by atoms with Crippen molar-refractivity contribution in [2.45, 2.75) is 6.54 Å². The zero-order chi connectivity index (χ0) is 18.7. The van der Waals surface area contributed by atoms with Gasteiger partial charge in [0.2, 0.25) is 0 Å². The van der Waals surface area contributed by atoms with Gasteiger partial charge in [-0.3, -0.25) is 14.5 Å². The average molecular weight is 408 g/mol. The summed E-state index contributed by atoms with van der Waals surface area (Å²) in [6.45, 7) is -0.00462. The number of rotatable bonds is 4. The molecular formula is C19H12Cl2FNO2S. The largest absolute Gasteiger partial charge is 0.293 e. The van der Waals surface area contributed by atoms with E-state index in [2.05, 4.69) is 0 Å². The standard InChI is InChI=1S/C19H12Cl2FNO2S/c20-15-6-2-1-4-12(15)5-3-7-17-18(24)23(19(25)26-17)11-13-8-9-14(22)10-16(13)21/h1-10H,11H2/b5-3+,17-7-. The van der Waals surface area contributed by atoms with Crippen molar-refractivity contribution in [2.24, 2.45) is 0 Å². The van der Waals surface area contributed by atoms with E-state index in [1.807, 2.05) is 18.2 Å². The number of amides is 2. The fraction of sp³-hybridized carbons (Fsp3) is 0.0526. The summed E-state index contributed by atoms with van der Waals surface area (Å²) < 4.78 is 13.1. The highest BCUT2D eigenvalue weighted by atomic mass is 35.5. The van der Waals surface area contributed by atoms with E-state index in [1.165, 1.54) is 12.1 Å². The van der Waals surface area contributed by atoms with E-state index in [9.17, 15) is 14.0 Å². The topological polar surface area (TPSA) is 37.4 Å². The lowest BCUT2D eigenvalue weighted by Gasteiger charge is -2.13. The molecule has 1 aliphatic rings. The van der Waals surface area contributed by atoms with Crippen LogP contribution in [0.15, 0.2) is 59.5 Å². The van der Waals surface area contributed by atoms with Gasteiger partial charge in [0.25, 0.3) is 11.1 Å². The van der Waals surface area contributed by atoms with Crippen molar-refractivity contribution < 1.29 is 14.0 Å². The smallest absolute Gasteiger partial charge is 0.268 e. The molecule has 0 bridgehead atoms. The minimum Gasteiger partial charge on any atom is -0.268 e. The second kappa shape index (κ2) is 8.08. The van der Waals surface area contributed by atoms with Crippen LogP contribution in [0.4, 0.5) is 9.18 Å². The quantitative estimate of drug-likeness (QED) is 0.589. The molecule has 26 heavy (non-hydrogen) atoms. The summed E-state index contributed by atoms with van der Waals surface area (Å²) in [5, 5.41) is 0.371. The fourth-order valence-electron chi connectivity index (χ4n) is 2.32. The van der Waals surface area contributed by atoms with E-state index >= 15 is 0 Å². The van der Waals surface area contributed by atoms with E-state index < -0.39 is 17.0 Å². The molecule has 0 N–H and O–H groups in total. The summed E-state index contributed by atoms with van der Waals surface area (Å²) in [5.41, 5.74) is 1.31. The highest BCUT2D eigenvalue weighted by Crippen LogP contribution is 2.33. The van der Waals surface area contributed by atoms with Crippen molar-refractivity contribution in [3.8, 4) is 0 Å². The summed E-state index contributed by atoms with van der Waals surface area (Å²) in [6.07, 6.45) is 5.00. The summed E-state index contributed by atoms with van der Waals surface area (Å²) in [5.74, 6) is -0.887. The maximum Gasteiger partial charge on any atom is 0.293 e. The Morgan fingerprint density at radius 2 is 1.85 bits per heavy atom.